The highest BCUT2D eigenvalue weighted by molar-refractivity contribution is 7.71. The van der Waals surface area contributed by atoms with Crippen LogP contribution in [0.2, 0.25) is 0 Å². The second kappa shape index (κ2) is 10.1. The van der Waals surface area contributed by atoms with Crippen LogP contribution < -0.4 is 5.56 Å². The van der Waals surface area contributed by atoms with Gasteiger partial charge in [-0.1, -0.05) is 0 Å². The van der Waals surface area contributed by atoms with Gasteiger partial charge in [-0.25, -0.2) is 14.6 Å². The van der Waals surface area contributed by atoms with E-state index in [-0.39, 0.29) is 45.6 Å². The summed E-state index contributed by atoms with van der Waals surface area (Å²) in [5.74, 6) is -1.79. The van der Waals surface area contributed by atoms with Crippen molar-refractivity contribution >= 4 is 46.7 Å². The van der Waals surface area contributed by atoms with Crippen LogP contribution in [0.1, 0.15) is 38.1 Å². The molecule has 2 rings (SSSR count). The number of carbonyl (C=O) groups is 2. The van der Waals surface area contributed by atoms with Gasteiger partial charge < -0.3 is 24.3 Å². The summed E-state index contributed by atoms with van der Waals surface area (Å²) in [4.78, 5) is 45.6. The van der Waals surface area contributed by atoms with Crippen molar-refractivity contribution in [2.75, 3.05) is 26.9 Å². The summed E-state index contributed by atoms with van der Waals surface area (Å²) in [7, 11) is 1.48. The van der Waals surface area contributed by atoms with Gasteiger partial charge in [-0.15, -0.1) is 11.3 Å². The molecule has 0 aliphatic carbocycles. The Morgan fingerprint density at radius 1 is 1.24 bits per heavy atom. The first-order chi connectivity index (χ1) is 13.8. The number of thiophene rings is 1. The summed E-state index contributed by atoms with van der Waals surface area (Å²) >= 11 is 5.67. The molecule has 0 amide bonds. The third kappa shape index (κ3) is 5.37. The van der Waals surface area contributed by atoms with E-state index < -0.39 is 23.4 Å². The van der Waals surface area contributed by atoms with Crippen molar-refractivity contribution < 1.29 is 28.9 Å². The van der Waals surface area contributed by atoms with Crippen molar-refractivity contribution in [1.29, 1.82) is 0 Å². The molecule has 29 heavy (non-hydrogen) atoms. The standard InChI is InChI=1S/C17H19N3O7S2/c1-4-26-15(23)10-8(2)11(16(24)27-6-5-25-3)29-14(10)18-7-9-12(21)19-17(28)20-13(9)22/h7H,4-6H2,1-3H3,(H3,19,20,21,22,28). The van der Waals surface area contributed by atoms with E-state index in [4.69, 9.17) is 26.4 Å². The first kappa shape index (κ1) is 22.5. The number of hydrogen-bond acceptors (Lipinski definition) is 10. The minimum Gasteiger partial charge on any atom is -0.494 e. The molecular formula is C17H19N3O7S2. The number of hydrogen-bond donors (Lipinski definition) is 3. The van der Waals surface area contributed by atoms with Crippen molar-refractivity contribution in [2.24, 2.45) is 4.99 Å². The van der Waals surface area contributed by atoms with Gasteiger partial charge in [-0.2, -0.15) is 0 Å². The molecular weight excluding hydrogens is 422 g/mol. The van der Waals surface area contributed by atoms with Gasteiger partial charge in [0.1, 0.15) is 27.6 Å². The number of aromatic nitrogens is 2. The van der Waals surface area contributed by atoms with Crippen molar-refractivity contribution in [1.82, 2.24) is 9.97 Å². The van der Waals surface area contributed by atoms with Gasteiger partial charge in [-0.3, -0.25) is 9.78 Å². The number of esters is 2. The summed E-state index contributed by atoms with van der Waals surface area (Å²) in [5, 5.41) is 10.00. The first-order valence-corrected chi connectivity index (χ1v) is 9.58. The Morgan fingerprint density at radius 2 is 1.97 bits per heavy atom. The van der Waals surface area contributed by atoms with Gasteiger partial charge in [0.2, 0.25) is 5.88 Å². The molecule has 0 aliphatic heterocycles. The molecule has 156 valence electrons. The highest BCUT2D eigenvalue weighted by atomic mass is 32.1. The average Bonchev–Trinajstić information content (AvgIpc) is 2.97. The number of nitrogens with one attached hydrogen (secondary N) is 2. The maximum absolute atomic E-state index is 12.4. The minimum atomic E-state index is -0.671. The van der Waals surface area contributed by atoms with E-state index in [0.29, 0.717) is 5.56 Å². The Kier molecular flexibility index (Phi) is 7.82. The van der Waals surface area contributed by atoms with Crippen LogP contribution in [-0.2, 0) is 14.2 Å². The fraction of sp³-hybridized carbons (Fsp3) is 0.353. The van der Waals surface area contributed by atoms with Crippen LogP contribution in [0.25, 0.3) is 0 Å². The third-order valence-corrected chi connectivity index (χ3v) is 4.97. The Labute approximate surface area is 174 Å². The van der Waals surface area contributed by atoms with Crippen LogP contribution in [0.5, 0.6) is 5.88 Å². The van der Waals surface area contributed by atoms with E-state index in [1.807, 2.05) is 0 Å². The smallest absolute Gasteiger partial charge is 0.348 e. The molecule has 2 aromatic rings. The van der Waals surface area contributed by atoms with E-state index in [1.54, 1.807) is 13.8 Å². The first-order valence-electron chi connectivity index (χ1n) is 8.36. The number of H-pyrrole nitrogens is 2. The van der Waals surface area contributed by atoms with Crippen molar-refractivity contribution in [3.8, 4) is 5.88 Å². The Hall–Kier alpha value is -2.83. The lowest BCUT2D eigenvalue weighted by Crippen LogP contribution is -2.13. The molecule has 12 heteroatoms. The summed E-state index contributed by atoms with van der Waals surface area (Å²) in [6.07, 6.45) is 1.06. The SMILES string of the molecule is CCOC(=O)c1c(N=Cc2c(O)[nH]c(=S)[nH]c2=O)sc(C(=O)OCCOC)c1C. The predicted molar refractivity (Wildman–Crippen MR) is 108 cm³/mol. The van der Waals surface area contributed by atoms with E-state index in [2.05, 4.69) is 15.0 Å². The number of nitrogens with zero attached hydrogens (tertiary/aromatic N) is 1. The summed E-state index contributed by atoms with van der Waals surface area (Å²) < 4.78 is 14.9. The molecule has 2 aromatic heterocycles. The second-order valence-electron chi connectivity index (χ2n) is 5.51. The molecule has 0 saturated carbocycles. The lowest BCUT2D eigenvalue weighted by Gasteiger charge is -2.04. The molecule has 0 radical (unpaired) electrons. The molecule has 0 aliphatic rings. The average molecular weight is 441 g/mol. The normalized spacial score (nSPS) is 11.0. The minimum absolute atomic E-state index is 0.0481. The van der Waals surface area contributed by atoms with Crippen molar-refractivity contribution in [3.05, 3.63) is 36.7 Å². The van der Waals surface area contributed by atoms with Gasteiger partial charge in [0, 0.05) is 13.3 Å². The maximum atomic E-state index is 12.4. The van der Waals surface area contributed by atoms with E-state index >= 15 is 0 Å². The van der Waals surface area contributed by atoms with E-state index in [9.17, 15) is 19.5 Å². The topological polar surface area (TPSA) is 143 Å². The summed E-state index contributed by atoms with van der Waals surface area (Å²) in [6, 6.07) is 0. The molecule has 0 atom stereocenters. The zero-order chi connectivity index (χ0) is 21.6. The number of rotatable bonds is 8. The molecule has 0 spiro atoms. The Balaban J connectivity index is 2.48. The van der Waals surface area contributed by atoms with Gasteiger partial charge in [-0.05, 0) is 31.6 Å². The van der Waals surface area contributed by atoms with Gasteiger partial charge in [0.15, 0.2) is 4.77 Å². The molecule has 0 aromatic carbocycles. The summed E-state index contributed by atoms with van der Waals surface area (Å²) in [6.45, 7) is 3.61. The largest absolute Gasteiger partial charge is 0.494 e. The van der Waals surface area contributed by atoms with Gasteiger partial charge in [0.05, 0.1) is 13.2 Å². The van der Waals surface area contributed by atoms with Crippen molar-refractivity contribution in [2.45, 2.75) is 13.8 Å². The number of aromatic amines is 2. The highest BCUT2D eigenvalue weighted by Gasteiger charge is 2.26. The number of carbonyl (C=O) groups excluding carboxylic acids is 2. The van der Waals surface area contributed by atoms with Gasteiger partial charge in [0.25, 0.3) is 5.56 Å². The highest BCUT2D eigenvalue weighted by Crippen LogP contribution is 2.36. The van der Waals surface area contributed by atoms with E-state index in [1.165, 1.54) is 7.11 Å². The molecule has 0 bridgehead atoms. The van der Waals surface area contributed by atoms with Crippen LogP contribution in [-0.4, -0.2) is 60.2 Å². The van der Waals surface area contributed by atoms with Crippen LogP contribution in [0.3, 0.4) is 0 Å². The van der Waals surface area contributed by atoms with Crippen LogP contribution in [0, 0.1) is 11.7 Å². The molecule has 0 unspecified atom stereocenters. The zero-order valence-electron chi connectivity index (χ0n) is 15.9. The van der Waals surface area contributed by atoms with Gasteiger partial charge >= 0.3 is 11.9 Å². The lowest BCUT2D eigenvalue weighted by molar-refractivity contribution is 0.0393. The molecule has 0 fully saturated rings. The Morgan fingerprint density at radius 3 is 2.59 bits per heavy atom. The predicted octanol–water partition coefficient (Wildman–Crippen LogP) is 2.24. The zero-order valence-corrected chi connectivity index (χ0v) is 17.5. The molecule has 0 saturated heterocycles. The monoisotopic (exact) mass is 441 g/mol. The number of aliphatic imine (C=N–C) groups is 1. The fourth-order valence-electron chi connectivity index (χ4n) is 2.24. The second-order valence-corrected chi connectivity index (χ2v) is 6.92. The third-order valence-electron chi connectivity index (χ3n) is 3.58. The molecule has 3 N–H and O–H groups in total. The number of ether oxygens (including phenoxy) is 3. The molecule has 10 nitrogen and oxygen atoms in total. The maximum Gasteiger partial charge on any atom is 0.348 e. The lowest BCUT2D eigenvalue weighted by atomic mass is 10.1. The number of aromatic hydroxyl groups is 1. The molecule has 2 heterocycles. The van der Waals surface area contributed by atoms with Crippen LogP contribution >= 0.6 is 23.6 Å². The van der Waals surface area contributed by atoms with Crippen LogP contribution in [0.4, 0.5) is 5.00 Å². The fourth-order valence-corrected chi connectivity index (χ4v) is 3.46. The summed E-state index contributed by atoms with van der Waals surface area (Å²) in [5.41, 5.74) is -0.441. The number of methoxy groups -OCH3 is 1. The van der Waals surface area contributed by atoms with E-state index in [0.717, 1.165) is 17.6 Å². The quantitative estimate of drug-likeness (QED) is 0.245. The van der Waals surface area contributed by atoms with Crippen molar-refractivity contribution in [3.63, 3.8) is 0 Å². The van der Waals surface area contributed by atoms with Crippen LogP contribution in [0.15, 0.2) is 9.79 Å². The Bertz CT molecular complexity index is 1050.